The summed E-state index contributed by atoms with van der Waals surface area (Å²) in [7, 11) is 0. The smallest absolute Gasteiger partial charge is 0.410 e. The first-order valence-corrected chi connectivity index (χ1v) is 10.8. The van der Waals surface area contributed by atoms with Gasteiger partial charge in [0.1, 0.15) is 5.60 Å². The topological polar surface area (TPSA) is 68.5 Å². The van der Waals surface area contributed by atoms with Crippen LogP contribution in [0.25, 0.3) is 0 Å². The maximum absolute atomic E-state index is 12.1. The predicted octanol–water partition coefficient (Wildman–Crippen LogP) is 5.24. The molecular formula is C19H24BrN3O3S. The minimum absolute atomic E-state index is 0.193. The van der Waals surface area contributed by atoms with Crippen molar-refractivity contribution in [3.63, 3.8) is 0 Å². The fourth-order valence-electron chi connectivity index (χ4n) is 2.80. The van der Waals surface area contributed by atoms with Crippen LogP contribution in [0.3, 0.4) is 0 Å². The highest BCUT2D eigenvalue weighted by molar-refractivity contribution is 9.10. The van der Waals surface area contributed by atoms with Crippen molar-refractivity contribution < 1.29 is 13.9 Å². The Kier molecular flexibility index (Phi) is 6.47. The molecule has 6 nitrogen and oxygen atoms in total. The molecule has 8 heteroatoms. The van der Waals surface area contributed by atoms with Crippen LogP contribution in [0, 0.1) is 0 Å². The highest BCUT2D eigenvalue weighted by atomic mass is 79.9. The van der Waals surface area contributed by atoms with Crippen LogP contribution in [0.15, 0.2) is 38.4 Å². The number of ether oxygens (including phenoxy) is 1. The Morgan fingerprint density at radius 3 is 2.56 bits per heavy atom. The molecule has 0 saturated carbocycles. The predicted molar refractivity (Wildman–Crippen MR) is 108 cm³/mol. The summed E-state index contributed by atoms with van der Waals surface area (Å²) in [5, 5.41) is 8.96. The van der Waals surface area contributed by atoms with Crippen molar-refractivity contribution in [2.24, 2.45) is 0 Å². The van der Waals surface area contributed by atoms with Gasteiger partial charge < -0.3 is 14.1 Å². The van der Waals surface area contributed by atoms with Gasteiger partial charge in [0.15, 0.2) is 0 Å². The minimum atomic E-state index is -0.471. The molecule has 0 bridgehead atoms. The number of amides is 1. The van der Waals surface area contributed by atoms with Crippen molar-refractivity contribution in [2.75, 3.05) is 13.1 Å². The summed E-state index contributed by atoms with van der Waals surface area (Å²) in [6.07, 6.45) is 1.36. The molecule has 1 fully saturated rings. The standard InChI is InChI=1S/C19H24BrN3O3S/c1-19(2,3)26-18(24)23-10-8-14(9-11-23)16-21-22-17(25-16)27-12-13-4-6-15(20)7-5-13/h4-7,14H,8-12H2,1-3H3. The third-order valence-corrected chi connectivity index (χ3v) is 5.61. The Morgan fingerprint density at radius 1 is 1.26 bits per heavy atom. The van der Waals surface area contributed by atoms with E-state index in [1.54, 1.807) is 4.90 Å². The lowest BCUT2D eigenvalue weighted by molar-refractivity contribution is 0.0198. The number of piperidine rings is 1. The average molecular weight is 454 g/mol. The molecule has 0 radical (unpaired) electrons. The first-order valence-electron chi connectivity index (χ1n) is 8.99. The van der Waals surface area contributed by atoms with Crippen LogP contribution >= 0.6 is 27.7 Å². The average Bonchev–Trinajstić information content (AvgIpc) is 3.09. The van der Waals surface area contributed by atoms with E-state index in [0.717, 1.165) is 23.1 Å². The van der Waals surface area contributed by atoms with E-state index in [9.17, 15) is 4.79 Å². The van der Waals surface area contributed by atoms with E-state index < -0.39 is 5.60 Å². The fourth-order valence-corrected chi connectivity index (χ4v) is 3.79. The van der Waals surface area contributed by atoms with E-state index in [-0.39, 0.29) is 12.0 Å². The van der Waals surface area contributed by atoms with Crippen LogP contribution in [-0.2, 0) is 10.5 Å². The molecule has 0 spiro atoms. The van der Waals surface area contributed by atoms with E-state index >= 15 is 0 Å². The number of benzene rings is 1. The maximum Gasteiger partial charge on any atom is 0.410 e. The Balaban J connectivity index is 1.49. The molecule has 2 heterocycles. The number of carbonyl (C=O) groups is 1. The molecule has 0 N–H and O–H groups in total. The monoisotopic (exact) mass is 453 g/mol. The van der Waals surface area contributed by atoms with Gasteiger partial charge in [-0.1, -0.05) is 39.8 Å². The number of nitrogens with zero attached hydrogens (tertiary/aromatic N) is 3. The summed E-state index contributed by atoms with van der Waals surface area (Å²) < 4.78 is 12.3. The summed E-state index contributed by atoms with van der Waals surface area (Å²) >= 11 is 4.97. The summed E-state index contributed by atoms with van der Waals surface area (Å²) in [6, 6.07) is 8.18. The second-order valence-electron chi connectivity index (χ2n) is 7.56. The Hall–Kier alpha value is -1.54. The molecule has 146 valence electrons. The summed E-state index contributed by atoms with van der Waals surface area (Å²) in [4.78, 5) is 13.9. The molecule has 0 unspecified atom stereocenters. The number of carbonyl (C=O) groups excluding carboxylic acids is 1. The largest absolute Gasteiger partial charge is 0.444 e. The normalized spacial score (nSPS) is 15.8. The number of aromatic nitrogens is 2. The van der Waals surface area contributed by atoms with Crippen molar-refractivity contribution in [3.05, 3.63) is 40.2 Å². The molecular weight excluding hydrogens is 430 g/mol. The summed E-state index contributed by atoms with van der Waals surface area (Å²) in [5.41, 5.74) is 0.732. The quantitative estimate of drug-likeness (QED) is 0.589. The molecule has 2 aromatic rings. The zero-order valence-electron chi connectivity index (χ0n) is 15.8. The molecule has 1 amide bonds. The van der Waals surface area contributed by atoms with Gasteiger partial charge in [0.2, 0.25) is 5.89 Å². The van der Waals surface area contributed by atoms with Gasteiger partial charge in [-0.2, -0.15) is 0 Å². The van der Waals surface area contributed by atoms with E-state index in [2.05, 4.69) is 38.3 Å². The fraction of sp³-hybridized carbons (Fsp3) is 0.526. The zero-order chi connectivity index (χ0) is 19.4. The van der Waals surface area contributed by atoms with Crippen LogP contribution in [0.4, 0.5) is 4.79 Å². The van der Waals surface area contributed by atoms with E-state index in [1.807, 2.05) is 32.9 Å². The lowest BCUT2D eigenvalue weighted by Crippen LogP contribution is -2.41. The van der Waals surface area contributed by atoms with Crippen molar-refractivity contribution in [1.82, 2.24) is 15.1 Å². The third-order valence-electron chi connectivity index (χ3n) is 4.19. The van der Waals surface area contributed by atoms with Crippen molar-refractivity contribution in [2.45, 2.75) is 56.1 Å². The number of likely N-dealkylation sites (tertiary alicyclic amines) is 1. The third kappa shape index (κ3) is 5.97. The van der Waals surface area contributed by atoms with Crippen molar-refractivity contribution in [3.8, 4) is 0 Å². The van der Waals surface area contributed by atoms with E-state index in [0.29, 0.717) is 24.2 Å². The Labute approximate surface area is 172 Å². The molecule has 3 rings (SSSR count). The number of halogens is 1. The van der Waals surface area contributed by atoms with Crippen molar-refractivity contribution >= 4 is 33.8 Å². The van der Waals surface area contributed by atoms with Crippen LogP contribution in [0.2, 0.25) is 0 Å². The number of rotatable bonds is 4. The SMILES string of the molecule is CC(C)(C)OC(=O)N1CCC(c2nnc(SCc3ccc(Br)cc3)o2)CC1. The molecule has 1 aromatic carbocycles. The van der Waals surface area contributed by atoms with Gasteiger partial charge in [0, 0.05) is 29.2 Å². The summed E-state index contributed by atoms with van der Waals surface area (Å²) in [6.45, 7) is 6.92. The van der Waals surface area contributed by atoms with Crippen LogP contribution in [0.5, 0.6) is 0 Å². The number of hydrogen-bond donors (Lipinski definition) is 0. The van der Waals surface area contributed by atoms with Gasteiger partial charge >= 0.3 is 6.09 Å². The highest BCUT2D eigenvalue weighted by Crippen LogP contribution is 2.30. The highest BCUT2D eigenvalue weighted by Gasteiger charge is 2.29. The maximum atomic E-state index is 12.1. The summed E-state index contributed by atoms with van der Waals surface area (Å²) in [5.74, 6) is 1.64. The number of thioether (sulfide) groups is 1. The minimum Gasteiger partial charge on any atom is -0.444 e. The number of hydrogen-bond acceptors (Lipinski definition) is 6. The van der Waals surface area contributed by atoms with Gasteiger partial charge in [-0.3, -0.25) is 0 Å². The van der Waals surface area contributed by atoms with E-state index in [1.165, 1.54) is 17.3 Å². The first-order chi connectivity index (χ1) is 12.8. The molecule has 1 saturated heterocycles. The van der Waals surface area contributed by atoms with Gasteiger partial charge in [-0.15, -0.1) is 10.2 Å². The first kappa shape index (κ1) is 20.2. The van der Waals surface area contributed by atoms with Gasteiger partial charge in [-0.25, -0.2) is 4.79 Å². The van der Waals surface area contributed by atoms with Crippen LogP contribution in [-0.4, -0.2) is 39.9 Å². The second kappa shape index (κ2) is 8.65. The van der Waals surface area contributed by atoms with Crippen LogP contribution in [0.1, 0.15) is 51.0 Å². The second-order valence-corrected chi connectivity index (χ2v) is 9.41. The zero-order valence-corrected chi connectivity index (χ0v) is 18.2. The van der Waals surface area contributed by atoms with Gasteiger partial charge in [0.05, 0.1) is 0 Å². The molecule has 0 atom stereocenters. The molecule has 0 aliphatic carbocycles. The lowest BCUT2D eigenvalue weighted by Gasteiger charge is -2.32. The Morgan fingerprint density at radius 2 is 1.93 bits per heavy atom. The van der Waals surface area contributed by atoms with Crippen LogP contribution < -0.4 is 0 Å². The van der Waals surface area contributed by atoms with E-state index in [4.69, 9.17) is 9.15 Å². The molecule has 27 heavy (non-hydrogen) atoms. The Bertz CT molecular complexity index is 765. The van der Waals surface area contributed by atoms with Crippen molar-refractivity contribution in [1.29, 1.82) is 0 Å². The molecule has 1 aromatic heterocycles. The molecule has 1 aliphatic heterocycles. The van der Waals surface area contributed by atoms with Gasteiger partial charge in [-0.05, 0) is 51.3 Å². The van der Waals surface area contributed by atoms with Gasteiger partial charge in [0.25, 0.3) is 5.22 Å². The molecule has 1 aliphatic rings. The lowest BCUT2D eigenvalue weighted by atomic mass is 9.97.